The maximum atomic E-state index is 14.1. The van der Waals surface area contributed by atoms with Crippen LogP contribution < -0.4 is 16.6 Å². The van der Waals surface area contributed by atoms with Crippen molar-refractivity contribution in [1.29, 1.82) is 0 Å². The fourth-order valence-electron chi connectivity index (χ4n) is 2.35. The van der Waals surface area contributed by atoms with Crippen molar-refractivity contribution in [3.05, 3.63) is 51.1 Å². The summed E-state index contributed by atoms with van der Waals surface area (Å²) in [7, 11) is 0. The van der Waals surface area contributed by atoms with Crippen molar-refractivity contribution >= 4 is 17.6 Å². The van der Waals surface area contributed by atoms with E-state index in [0.717, 1.165) is 22.8 Å². The van der Waals surface area contributed by atoms with Crippen LogP contribution in [0.25, 0.3) is 5.69 Å². The maximum Gasteiger partial charge on any atom is 0.262 e. The Bertz CT molecular complexity index is 917. The zero-order valence-electron chi connectivity index (χ0n) is 11.3. The van der Waals surface area contributed by atoms with Crippen molar-refractivity contribution in [1.82, 2.24) is 9.88 Å². The van der Waals surface area contributed by atoms with Crippen molar-refractivity contribution in [2.24, 2.45) is 0 Å². The molecule has 0 atom stereocenters. The molecule has 7 nitrogen and oxygen atoms in total. The van der Waals surface area contributed by atoms with Gasteiger partial charge in [-0.3, -0.25) is 24.3 Å². The van der Waals surface area contributed by atoms with Crippen LogP contribution in [-0.4, -0.2) is 21.5 Å². The number of nitrogens with one attached hydrogen (secondary N) is 1. The Morgan fingerprint density at radius 2 is 1.86 bits per heavy atom. The molecule has 2 amide bonds. The van der Waals surface area contributed by atoms with E-state index >= 15 is 0 Å². The van der Waals surface area contributed by atoms with E-state index in [1.165, 1.54) is 6.92 Å². The van der Waals surface area contributed by atoms with E-state index in [9.17, 15) is 23.9 Å². The number of amides is 2. The average Bonchev–Trinajstić information content (AvgIpc) is 2.70. The van der Waals surface area contributed by atoms with Crippen molar-refractivity contribution in [3.63, 3.8) is 0 Å². The maximum absolute atomic E-state index is 14.1. The van der Waals surface area contributed by atoms with Gasteiger partial charge >= 0.3 is 0 Å². The predicted octanol–water partition coefficient (Wildman–Crippen LogP) is 0.456. The largest absolute Gasteiger partial charge is 0.508 e. The van der Waals surface area contributed by atoms with Crippen LogP contribution in [0.5, 0.6) is 5.75 Å². The van der Waals surface area contributed by atoms with E-state index in [-0.39, 0.29) is 33.9 Å². The highest BCUT2D eigenvalue weighted by Gasteiger charge is 2.32. The molecular formula is C14H10FN3O4. The fraction of sp³-hybridized carbons (Fsp3) is 0.0714. The molecule has 0 saturated carbocycles. The third-order valence-electron chi connectivity index (χ3n) is 3.46. The molecule has 0 spiro atoms. The molecule has 2 heterocycles. The first-order valence-corrected chi connectivity index (χ1v) is 6.22. The van der Waals surface area contributed by atoms with Gasteiger partial charge in [0.2, 0.25) is 0 Å². The van der Waals surface area contributed by atoms with Crippen LogP contribution >= 0.6 is 0 Å². The molecule has 2 aromatic rings. The van der Waals surface area contributed by atoms with Gasteiger partial charge < -0.3 is 10.8 Å². The van der Waals surface area contributed by atoms with Gasteiger partial charge in [-0.05, 0) is 18.6 Å². The number of anilines is 1. The second-order valence-corrected chi connectivity index (χ2v) is 4.87. The van der Waals surface area contributed by atoms with Crippen molar-refractivity contribution in [3.8, 4) is 11.4 Å². The number of nitrogen functional groups attached to an aromatic ring is 1. The number of halogens is 1. The lowest BCUT2D eigenvalue weighted by atomic mass is 10.1. The number of nitrogens with zero attached hydrogens (tertiary/aromatic N) is 1. The van der Waals surface area contributed by atoms with E-state index < -0.39 is 23.2 Å². The molecule has 4 N–H and O–H groups in total. The van der Waals surface area contributed by atoms with Gasteiger partial charge in [0.15, 0.2) is 0 Å². The van der Waals surface area contributed by atoms with Crippen LogP contribution in [-0.2, 0) is 0 Å². The van der Waals surface area contributed by atoms with Crippen molar-refractivity contribution in [2.75, 3.05) is 5.73 Å². The molecule has 0 radical (unpaired) electrons. The number of carbonyl (C=O) groups is 2. The lowest BCUT2D eigenvalue weighted by Gasteiger charge is -2.13. The first-order valence-electron chi connectivity index (χ1n) is 6.22. The van der Waals surface area contributed by atoms with Gasteiger partial charge in [0, 0.05) is 12.1 Å². The monoisotopic (exact) mass is 303 g/mol. The van der Waals surface area contributed by atoms with Gasteiger partial charge in [0.05, 0.1) is 16.8 Å². The summed E-state index contributed by atoms with van der Waals surface area (Å²) < 4.78 is 14.8. The number of hydrogen-bond donors (Lipinski definition) is 3. The summed E-state index contributed by atoms with van der Waals surface area (Å²) in [5, 5.41) is 11.7. The summed E-state index contributed by atoms with van der Waals surface area (Å²) in [6.07, 6.45) is 0. The summed E-state index contributed by atoms with van der Waals surface area (Å²) in [6.45, 7) is 1.49. The molecule has 0 unspecified atom stereocenters. The SMILES string of the molecule is Cc1cc(F)c(-n2c(N)c3c(cc2=O)C(=O)NC3=O)cc1O. The van der Waals surface area contributed by atoms with Gasteiger partial charge in [-0.15, -0.1) is 0 Å². The highest BCUT2D eigenvalue weighted by Crippen LogP contribution is 2.27. The standard InChI is InChI=1S/C14H10FN3O4/c1-5-2-7(15)8(4-9(5)19)18-10(20)3-6-11(12(18)16)14(22)17-13(6)21/h2-4,19H,16H2,1H3,(H,17,21,22). The molecule has 0 bridgehead atoms. The summed E-state index contributed by atoms with van der Waals surface area (Å²) in [5.74, 6) is -2.89. The zero-order valence-corrected chi connectivity index (χ0v) is 11.3. The lowest BCUT2D eigenvalue weighted by Crippen LogP contribution is -2.24. The molecule has 1 aromatic heterocycles. The van der Waals surface area contributed by atoms with Gasteiger partial charge in [-0.2, -0.15) is 0 Å². The number of carbonyl (C=O) groups excluding carboxylic acids is 2. The third kappa shape index (κ3) is 1.77. The first-order chi connectivity index (χ1) is 10.3. The molecule has 112 valence electrons. The third-order valence-corrected chi connectivity index (χ3v) is 3.46. The molecule has 1 aliphatic rings. The average molecular weight is 303 g/mol. The lowest BCUT2D eigenvalue weighted by molar-refractivity contribution is 0.0880. The summed E-state index contributed by atoms with van der Waals surface area (Å²) in [5.41, 5.74) is 4.62. The number of pyridine rings is 1. The number of imide groups is 1. The molecule has 3 rings (SSSR count). The number of hydrogen-bond acceptors (Lipinski definition) is 5. The van der Waals surface area contributed by atoms with Gasteiger partial charge in [0.1, 0.15) is 17.4 Å². The van der Waals surface area contributed by atoms with Crippen LogP contribution in [0, 0.1) is 12.7 Å². The first kappa shape index (κ1) is 13.8. The van der Waals surface area contributed by atoms with E-state index in [1.807, 2.05) is 5.32 Å². The number of phenolic OH excluding ortho intramolecular Hbond substituents is 1. The second kappa shape index (κ2) is 4.42. The second-order valence-electron chi connectivity index (χ2n) is 4.87. The summed E-state index contributed by atoms with van der Waals surface area (Å²) in [6, 6.07) is 2.97. The topological polar surface area (TPSA) is 114 Å². The van der Waals surface area contributed by atoms with Crippen LogP contribution in [0.2, 0.25) is 0 Å². The van der Waals surface area contributed by atoms with E-state index in [0.29, 0.717) is 0 Å². The number of aromatic nitrogens is 1. The Labute approximate surface area is 122 Å². The van der Waals surface area contributed by atoms with E-state index in [1.54, 1.807) is 0 Å². The number of nitrogens with two attached hydrogens (primary N) is 1. The molecule has 1 aromatic carbocycles. The number of aromatic hydroxyl groups is 1. The molecule has 0 saturated heterocycles. The molecule has 1 aliphatic heterocycles. The van der Waals surface area contributed by atoms with Crippen LogP contribution in [0.1, 0.15) is 26.3 Å². The number of fused-ring (bicyclic) bond motifs is 1. The quantitative estimate of drug-likeness (QED) is 0.662. The number of benzene rings is 1. The Morgan fingerprint density at radius 1 is 1.18 bits per heavy atom. The minimum atomic E-state index is -0.797. The van der Waals surface area contributed by atoms with Gasteiger partial charge in [0.25, 0.3) is 17.4 Å². The minimum Gasteiger partial charge on any atom is -0.508 e. The molecule has 8 heteroatoms. The Hall–Kier alpha value is -3.16. The van der Waals surface area contributed by atoms with Gasteiger partial charge in [-0.25, -0.2) is 4.39 Å². The van der Waals surface area contributed by atoms with Crippen LogP contribution in [0.3, 0.4) is 0 Å². The van der Waals surface area contributed by atoms with Crippen molar-refractivity contribution < 1.29 is 19.1 Å². The zero-order chi connectivity index (χ0) is 16.2. The van der Waals surface area contributed by atoms with E-state index in [2.05, 4.69) is 0 Å². The Balaban J connectivity index is 2.37. The molecule has 22 heavy (non-hydrogen) atoms. The predicted molar refractivity (Wildman–Crippen MR) is 74.6 cm³/mol. The summed E-state index contributed by atoms with van der Waals surface area (Å²) in [4.78, 5) is 35.4. The van der Waals surface area contributed by atoms with Crippen LogP contribution in [0.4, 0.5) is 10.2 Å². The number of rotatable bonds is 1. The summed E-state index contributed by atoms with van der Waals surface area (Å²) >= 11 is 0. The molecular weight excluding hydrogens is 293 g/mol. The minimum absolute atomic E-state index is 0.152. The molecule has 0 fully saturated rings. The molecule has 0 aliphatic carbocycles. The smallest absolute Gasteiger partial charge is 0.262 e. The highest BCUT2D eigenvalue weighted by atomic mass is 19.1. The Kier molecular flexibility index (Phi) is 2.77. The number of phenols is 1. The van der Waals surface area contributed by atoms with Gasteiger partial charge in [-0.1, -0.05) is 0 Å². The fourth-order valence-corrected chi connectivity index (χ4v) is 2.35. The van der Waals surface area contributed by atoms with Crippen molar-refractivity contribution in [2.45, 2.75) is 6.92 Å². The highest BCUT2D eigenvalue weighted by molar-refractivity contribution is 6.23. The van der Waals surface area contributed by atoms with Crippen LogP contribution in [0.15, 0.2) is 23.0 Å². The number of aryl methyl sites for hydroxylation is 1. The normalized spacial score (nSPS) is 13.2. The van der Waals surface area contributed by atoms with E-state index in [4.69, 9.17) is 5.73 Å². The Morgan fingerprint density at radius 3 is 2.55 bits per heavy atom.